The van der Waals surface area contributed by atoms with Crippen molar-refractivity contribution in [1.82, 2.24) is 0 Å². The van der Waals surface area contributed by atoms with Gasteiger partial charge in [0.15, 0.2) is 6.61 Å². The number of rotatable bonds is 8. The van der Waals surface area contributed by atoms with Gasteiger partial charge in [-0.25, -0.2) is 9.59 Å². The standard InChI is InChI=1S/C24H22O5/c1-18-11-13-20(14-12-18)28-17-23(25)29-22-10-6-5-9-21(22)24(26)27-16-15-19-7-3-2-4-8-19/h2-14H,15-17H2,1H3. The van der Waals surface area contributed by atoms with Gasteiger partial charge in [-0.15, -0.1) is 0 Å². The van der Waals surface area contributed by atoms with Gasteiger partial charge in [0.1, 0.15) is 17.1 Å². The van der Waals surface area contributed by atoms with Crippen LogP contribution in [0, 0.1) is 6.92 Å². The predicted octanol–water partition coefficient (Wildman–Crippen LogP) is 4.38. The zero-order chi connectivity index (χ0) is 20.5. The molecule has 148 valence electrons. The summed E-state index contributed by atoms with van der Waals surface area (Å²) in [5.41, 5.74) is 2.37. The molecule has 0 aliphatic rings. The molecule has 3 rings (SSSR count). The smallest absolute Gasteiger partial charge is 0.349 e. The van der Waals surface area contributed by atoms with E-state index in [0.717, 1.165) is 11.1 Å². The lowest BCUT2D eigenvalue weighted by molar-refractivity contribution is -0.136. The summed E-state index contributed by atoms with van der Waals surface area (Å²) >= 11 is 0. The average molecular weight is 390 g/mol. The third-order valence-corrected chi connectivity index (χ3v) is 4.18. The van der Waals surface area contributed by atoms with E-state index in [1.165, 1.54) is 0 Å². The molecule has 0 fully saturated rings. The van der Waals surface area contributed by atoms with Crippen molar-refractivity contribution < 1.29 is 23.8 Å². The molecule has 3 aromatic rings. The monoisotopic (exact) mass is 390 g/mol. The first kappa shape index (κ1) is 20.1. The van der Waals surface area contributed by atoms with Crippen LogP contribution < -0.4 is 9.47 Å². The van der Waals surface area contributed by atoms with Gasteiger partial charge in [0.2, 0.25) is 0 Å². The number of para-hydroxylation sites is 1. The summed E-state index contributed by atoms with van der Waals surface area (Å²) in [4.78, 5) is 24.5. The van der Waals surface area contributed by atoms with Gasteiger partial charge in [0.25, 0.3) is 0 Å². The summed E-state index contributed by atoms with van der Waals surface area (Å²) in [5, 5.41) is 0. The van der Waals surface area contributed by atoms with Crippen LogP contribution >= 0.6 is 0 Å². The van der Waals surface area contributed by atoms with E-state index in [-0.39, 0.29) is 24.5 Å². The second-order valence-corrected chi connectivity index (χ2v) is 6.44. The number of benzene rings is 3. The molecule has 5 nitrogen and oxygen atoms in total. The van der Waals surface area contributed by atoms with Gasteiger partial charge in [-0.2, -0.15) is 0 Å². The number of ether oxygens (including phenoxy) is 3. The largest absolute Gasteiger partial charge is 0.482 e. The van der Waals surface area contributed by atoms with Crippen LogP contribution in [0.25, 0.3) is 0 Å². The normalized spacial score (nSPS) is 10.2. The highest BCUT2D eigenvalue weighted by Crippen LogP contribution is 2.20. The molecule has 0 saturated carbocycles. The molecule has 3 aromatic carbocycles. The number of aryl methyl sites for hydroxylation is 1. The Labute approximate surface area is 169 Å². The summed E-state index contributed by atoms with van der Waals surface area (Å²) in [5.74, 6) is -0.422. The van der Waals surface area contributed by atoms with Crippen molar-refractivity contribution >= 4 is 11.9 Å². The molecule has 5 heteroatoms. The minimum Gasteiger partial charge on any atom is -0.482 e. The van der Waals surface area contributed by atoms with Crippen LogP contribution in [0.3, 0.4) is 0 Å². The number of hydrogen-bond acceptors (Lipinski definition) is 5. The highest BCUT2D eigenvalue weighted by atomic mass is 16.6. The maximum atomic E-state index is 12.4. The number of carbonyl (C=O) groups excluding carboxylic acids is 2. The van der Waals surface area contributed by atoms with Crippen LogP contribution in [0.4, 0.5) is 0 Å². The molecule has 0 bridgehead atoms. The molecule has 0 spiro atoms. The predicted molar refractivity (Wildman–Crippen MR) is 109 cm³/mol. The van der Waals surface area contributed by atoms with Crippen molar-refractivity contribution in [3.8, 4) is 11.5 Å². The van der Waals surface area contributed by atoms with E-state index in [2.05, 4.69) is 0 Å². The Balaban J connectivity index is 1.54. The Kier molecular flexibility index (Phi) is 7.00. The Bertz CT molecular complexity index is 949. The zero-order valence-electron chi connectivity index (χ0n) is 16.2. The molecular weight excluding hydrogens is 368 g/mol. The third kappa shape index (κ3) is 6.21. The molecule has 0 aromatic heterocycles. The Morgan fingerprint density at radius 3 is 2.28 bits per heavy atom. The first-order valence-corrected chi connectivity index (χ1v) is 9.32. The van der Waals surface area contributed by atoms with Crippen LogP contribution in [0.15, 0.2) is 78.9 Å². The highest BCUT2D eigenvalue weighted by molar-refractivity contribution is 5.93. The van der Waals surface area contributed by atoms with E-state index in [4.69, 9.17) is 14.2 Å². The zero-order valence-corrected chi connectivity index (χ0v) is 16.2. The van der Waals surface area contributed by atoms with E-state index in [1.807, 2.05) is 49.4 Å². The average Bonchev–Trinajstić information content (AvgIpc) is 2.74. The lowest BCUT2D eigenvalue weighted by Crippen LogP contribution is -2.19. The third-order valence-electron chi connectivity index (χ3n) is 4.18. The van der Waals surface area contributed by atoms with E-state index >= 15 is 0 Å². The molecule has 0 saturated heterocycles. The first-order chi connectivity index (χ1) is 14.1. The second kappa shape index (κ2) is 10.1. The van der Waals surface area contributed by atoms with Gasteiger partial charge in [0.05, 0.1) is 6.61 Å². The van der Waals surface area contributed by atoms with Crippen molar-refractivity contribution in [1.29, 1.82) is 0 Å². The Morgan fingerprint density at radius 1 is 0.828 bits per heavy atom. The quantitative estimate of drug-likeness (QED) is 0.422. The molecule has 29 heavy (non-hydrogen) atoms. The number of carbonyl (C=O) groups is 2. The summed E-state index contributed by atoms with van der Waals surface area (Å²) in [6.45, 7) is 1.94. The molecule has 0 N–H and O–H groups in total. The van der Waals surface area contributed by atoms with Crippen LogP contribution in [-0.4, -0.2) is 25.2 Å². The van der Waals surface area contributed by atoms with Crippen molar-refractivity contribution in [3.63, 3.8) is 0 Å². The molecule has 0 heterocycles. The fraction of sp³-hybridized carbons (Fsp3) is 0.167. The summed E-state index contributed by atoms with van der Waals surface area (Å²) < 4.78 is 16.1. The minimum atomic E-state index is -0.602. The van der Waals surface area contributed by atoms with Crippen LogP contribution in [0.1, 0.15) is 21.5 Å². The van der Waals surface area contributed by atoms with Crippen LogP contribution in [0.2, 0.25) is 0 Å². The molecule has 0 atom stereocenters. The van der Waals surface area contributed by atoms with Gasteiger partial charge in [-0.1, -0.05) is 60.2 Å². The summed E-state index contributed by atoms with van der Waals surface area (Å²) in [7, 11) is 0. The van der Waals surface area contributed by atoms with E-state index in [1.54, 1.807) is 36.4 Å². The lowest BCUT2D eigenvalue weighted by atomic mass is 10.2. The fourth-order valence-electron chi connectivity index (χ4n) is 2.64. The van der Waals surface area contributed by atoms with E-state index in [9.17, 15) is 9.59 Å². The molecule has 0 unspecified atom stereocenters. The summed E-state index contributed by atoms with van der Waals surface area (Å²) in [6.07, 6.45) is 0.610. The van der Waals surface area contributed by atoms with E-state index in [0.29, 0.717) is 12.2 Å². The lowest BCUT2D eigenvalue weighted by Gasteiger charge is -2.11. The topological polar surface area (TPSA) is 61.8 Å². The van der Waals surface area contributed by atoms with Crippen LogP contribution in [0.5, 0.6) is 11.5 Å². The second-order valence-electron chi connectivity index (χ2n) is 6.44. The van der Waals surface area contributed by atoms with Crippen molar-refractivity contribution in [2.24, 2.45) is 0 Å². The maximum absolute atomic E-state index is 12.4. The maximum Gasteiger partial charge on any atom is 0.349 e. The highest BCUT2D eigenvalue weighted by Gasteiger charge is 2.16. The van der Waals surface area contributed by atoms with Gasteiger partial charge < -0.3 is 14.2 Å². The number of esters is 2. The van der Waals surface area contributed by atoms with Gasteiger partial charge in [-0.05, 0) is 36.8 Å². The SMILES string of the molecule is Cc1ccc(OCC(=O)Oc2ccccc2C(=O)OCCc2ccccc2)cc1. The van der Waals surface area contributed by atoms with Gasteiger partial charge in [0, 0.05) is 6.42 Å². The Morgan fingerprint density at radius 2 is 1.52 bits per heavy atom. The van der Waals surface area contributed by atoms with Crippen molar-refractivity contribution in [2.45, 2.75) is 13.3 Å². The van der Waals surface area contributed by atoms with Crippen LogP contribution in [-0.2, 0) is 16.0 Å². The van der Waals surface area contributed by atoms with Crippen molar-refractivity contribution in [3.05, 3.63) is 95.6 Å². The molecule has 0 aliphatic heterocycles. The molecular formula is C24H22O5. The molecule has 0 radical (unpaired) electrons. The van der Waals surface area contributed by atoms with E-state index < -0.39 is 11.9 Å². The molecule has 0 aliphatic carbocycles. The van der Waals surface area contributed by atoms with Crippen molar-refractivity contribution in [2.75, 3.05) is 13.2 Å². The minimum absolute atomic E-state index is 0.148. The fourth-order valence-corrected chi connectivity index (χ4v) is 2.64. The van der Waals surface area contributed by atoms with Gasteiger partial charge >= 0.3 is 11.9 Å². The van der Waals surface area contributed by atoms with Gasteiger partial charge in [-0.3, -0.25) is 0 Å². The first-order valence-electron chi connectivity index (χ1n) is 9.32. The molecule has 0 amide bonds. The number of hydrogen-bond donors (Lipinski definition) is 0. The Hall–Kier alpha value is -3.60. The summed E-state index contributed by atoms with van der Waals surface area (Å²) in [6, 6.07) is 23.6.